The minimum Gasteiger partial charge on any atom is -0.347 e. The van der Waals surface area contributed by atoms with Crippen LogP contribution < -0.4 is 0 Å². The Morgan fingerprint density at radius 2 is 1.85 bits per heavy atom. The number of aryl methyl sites for hydroxylation is 2. The first kappa shape index (κ1) is 17.6. The number of hydrogen-bond acceptors (Lipinski definition) is 3. The monoisotopic (exact) mass is 375 g/mol. The molecular formula is C22H21N3OS. The van der Waals surface area contributed by atoms with Gasteiger partial charge in [-0.3, -0.25) is 9.69 Å². The molecule has 0 atom stereocenters. The van der Waals surface area contributed by atoms with Crippen molar-refractivity contribution in [2.75, 3.05) is 7.05 Å². The van der Waals surface area contributed by atoms with E-state index in [2.05, 4.69) is 34.8 Å². The van der Waals surface area contributed by atoms with Gasteiger partial charge >= 0.3 is 0 Å². The number of amides is 1. The number of amidine groups is 1. The molecule has 2 aromatic carbocycles. The molecule has 1 aliphatic heterocycles. The Hall–Kier alpha value is -2.79. The molecule has 3 aromatic rings. The van der Waals surface area contributed by atoms with E-state index in [0.29, 0.717) is 10.1 Å². The molecule has 1 aliphatic rings. The summed E-state index contributed by atoms with van der Waals surface area (Å²) in [5.74, 6) is -0.0146. The van der Waals surface area contributed by atoms with Crippen molar-refractivity contribution >= 4 is 45.5 Å². The first-order valence-corrected chi connectivity index (χ1v) is 9.79. The maximum Gasteiger partial charge on any atom is 0.266 e. The van der Waals surface area contributed by atoms with Crippen LogP contribution in [0.1, 0.15) is 18.1 Å². The molecule has 1 amide bonds. The number of carbonyl (C=O) groups is 1. The molecule has 0 unspecified atom stereocenters. The maximum atomic E-state index is 12.7. The van der Waals surface area contributed by atoms with Crippen LogP contribution in [0.2, 0.25) is 0 Å². The van der Waals surface area contributed by atoms with Gasteiger partial charge in [-0.05, 0) is 49.9 Å². The van der Waals surface area contributed by atoms with Gasteiger partial charge in [0.2, 0.25) is 0 Å². The third kappa shape index (κ3) is 3.30. The highest BCUT2D eigenvalue weighted by atomic mass is 32.2. The lowest BCUT2D eigenvalue weighted by atomic mass is 10.1. The summed E-state index contributed by atoms with van der Waals surface area (Å²) in [6.45, 7) is 5.06. The van der Waals surface area contributed by atoms with E-state index in [1.807, 2.05) is 49.4 Å². The molecule has 1 fully saturated rings. The Bertz CT molecular complexity index is 1080. The molecule has 0 aliphatic carbocycles. The van der Waals surface area contributed by atoms with Crippen LogP contribution in [0.4, 0.5) is 5.69 Å². The molecule has 4 nitrogen and oxygen atoms in total. The van der Waals surface area contributed by atoms with Gasteiger partial charge in [-0.1, -0.05) is 35.9 Å². The number of aromatic nitrogens is 1. The lowest BCUT2D eigenvalue weighted by molar-refractivity contribution is -0.121. The molecule has 2 heterocycles. The molecule has 4 rings (SSSR count). The largest absolute Gasteiger partial charge is 0.347 e. The van der Waals surface area contributed by atoms with Crippen LogP contribution in [0.15, 0.2) is 64.6 Å². The molecule has 0 spiro atoms. The zero-order valence-electron chi connectivity index (χ0n) is 15.6. The van der Waals surface area contributed by atoms with E-state index in [1.54, 1.807) is 11.9 Å². The van der Waals surface area contributed by atoms with Gasteiger partial charge in [-0.25, -0.2) is 4.99 Å². The molecule has 1 saturated heterocycles. The van der Waals surface area contributed by atoms with Crippen molar-refractivity contribution in [1.82, 2.24) is 9.47 Å². The number of thioether (sulfide) groups is 1. The van der Waals surface area contributed by atoms with Gasteiger partial charge in [0.25, 0.3) is 5.91 Å². The van der Waals surface area contributed by atoms with E-state index in [1.165, 1.54) is 22.8 Å². The second-order valence-electron chi connectivity index (χ2n) is 6.59. The molecular weight excluding hydrogens is 354 g/mol. The van der Waals surface area contributed by atoms with Gasteiger partial charge in [0.1, 0.15) is 0 Å². The molecule has 0 radical (unpaired) electrons. The number of para-hydroxylation sites is 1. The number of benzene rings is 2. The maximum absolute atomic E-state index is 12.7. The molecule has 0 saturated carbocycles. The van der Waals surface area contributed by atoms with Crippen molar-refractivity contribution in [1.29, 1.82) is 0 Å². The van der Waals surface area contributed by atoms with E-state index in [4.69, 9.17) is 0 Å². The average Bonchev–Trinajstić information content (AvgIpc) is 3.17. The molecule has 0 bridgehead atoms. The first-order chi connectivity index (χ1) is 13.1. The number of fused-ring (bicyclic) bond motifs is 1. The summed E-state index contributed by atoms with van der Waals surface area (Å²) >= 11 is 1.42. The van der Waals surface area contributed by atoms with Crippen LogP contribution in [-0.4, -0.2) is 27.6 Å². The van der Waals surface area contributed by atoms with E-state index >= 15 is 0 Å². The summed E-state index contributed by atoms with van der Waals surface area (Å²) in [4.78, 5) is 19.7. The van der Waals surface area contributed by atoms with E-state index in [-0.39, 0.29) is 5.91 Å². The SMILES string of the molecule is CCn1cc(/C=C2/SC(=Nc3ccc(C)cc3)N(C)C2=O)c2ccccc21. The topological polar surface area (TPSA) is 37.6 Å². The Morgan fingerprint density at radius 1 is 1.11 bits per heavy atom. The van der Waals surface area contributed by atoms with Gasteiger partial charge in [0.05, 0.1) is 10.6 Å². The Labute approximate surface area is 163 Å². The fourth-order valence-electron chi connectivity index (χ4n) is 3.17. The smallest absolute Gasteiger partial charge is 0.266 e. The van der Waals surface area contributed by atoms with Crippen LogP contribution in [0, 0.1) is 6.92 Å². The van der Waals surface area contributed by atoms with Gasteiger partial charge in [0.15, 0.2) is 5.17 Å². The van der Waals surface area contributed by atoms with Crippen molar-refractivity contribution in [3.8, 4) is 0 Å². The van der Waals surface area contributed by atoms with Crippen molar-refractivity contribution < 1.29 is 4.79 Å². The van der Waals surface area contributed by atoms with E-state index in [9.17, 15) is 4.79 Å². The van der Waals surface area contributed by atoms with Gasteiger partial charge in [-0.2, -0.15) is 0 Å². The summed E-state index contributed by atoms with van der Waals surface area (Å²) in [7, 11) is 1.78. The summed E-state index contributed by atoms with van der Waals surface area (Å²) < 4.78 is 2.21. The molecule has 136 valence electrons. The van der Waals surface area contributed by atoms with Gasteiger partial charge in [-0.15, -0.1) is 0 Å². The second kappa shape index (κ2) is 7.08. The minimum absolute atomic E-state index is 0.0146. The Morgan fingerprint density at radius 3 is 2.59 bits per heavy atom. The highest BCUT2D eigenvalue weighted by Crippen LogP contribution is 2.34. The Balaban J connectivity index is 1.71. The minimum atomic E-state index is -0.0146. The highest BCUT2D eigenvalue weighted by molar-refractivity contribution is 8.18. The van der Waals surface area contributed by atoms with Crippen molar-refractivity contribution in [2.45, 2.75) is 20.4 Å². The van der Waals surface area contributed by atoms with Crippen LogP contribution in [0.5, 0.6) is 0 Å². The third-order valence-electron chi connectivity index (χ3n) is 4.71. The molecule has 1 aromatic heterocycles. The fraction of sp³-hybridized carbons (Fsp3) is 0.182. The number of likely N-dealkylation sites (N-methyl/N-ethyl adjacent to an activating group) is 1. The van der Waals surface area contributed by atoms with Crippen LogP contribution >= 0.6 is 11.8 Å². The lowest BCUT2D eigenvalue weighted by Gasteiger charge is -2.07. The predicted octanol–water partition coefficient (Wildman–Crippen LogP) is 5.20. The lowest BCUT2D eigenvalue weighted by Crippen LogP contribution is -2.23. The molecule has 5 heteroatoms. The quantitative estimate of drug-likeness (QED) is 0.590. The highest BCUT2D eigenvalue weighted by Gasteiger charge is 2.30. The summed E-state index contributed by atoms with van der Waals surface area (Å²) in [5, 5.41) is 1.86. The molecule has 0 N–H and O–H groups in total. The zero-order valence-corrected chi connectivity index (χ0v) is 16.5. The summed E-state index contributed by atoms with van der Waals surface area (Å²) in [6.07, 6.45) is 4.09. The van der Waals surface area contributed by atoms with Crippen LogP contribution in [-0.2, 0) is 11.3 Å². The number of hydrogen-bond donors (Lipinski definition) is 0. The number of aliphatic imine (C=N–C) groups is 1. The van der Waals surface area contributed by atoms with E-state index < -0.39 is 0 Å². The van der Waals surface area contributed by atoms with Crippen molar-refractivity contribution in [3.63, 3.8) is 0 Å². The number of nitrogens with zero attached hydrogens (tertiary/aromatic N) is 3. The average molecular weight is 375 g/mol. The zero-order chi connectivity index (χ0) is 19.0. The second-order valence-corrected chi connectivity index (χ2v) is 7.60. The summed E-state index contributed by atoms with van der Waals surface area (Å²) in [6, 6.07) is 16.3. The van der Waals surface area contributed by atoms with Crippen molar-refractivity contribution in [3.05, 3.63) is 70.8 Å². The third-order valence-corrected chi connectivity index (χ3v) is 5.77. The van der Waals surface area contributed by atoms with Crippen molar-refractivity contribution in [2.24, 2.45) is 4.99 Å². The normalized spacial score (nSPS) is 17.6. The number of rotatable bonds is 3. The van der Waals surface area contributed by atoms with Crippen LogP contribution in [0.3, 0.4) is 0 Å². The fourth-order valence-corrected chi connectivity index (χ4v) is 4.15. The standard InChI is InChI=1S/C22H21N3OS/c1-4-25-14-16(18-7-5-6-8-19(18)25)13-20-21(26)24(3)22(27-20)23-17-11-9-15(2)10-12-17/h5-14H,4H2,1-3H3/b20-13+,23-22?. The van der Waals surface area contributed by atoms with Gasteiger partial charge in [0, 0.05) is 36.3 Å². The predicted molar refractivity (Wildman–Crippen MR) is 114 cm³/mol. The van der Waals surface area contributed by atoms with Gasteiger partial charge < -0.3 is 4.57 Å². The summed E-state index contributed by atoms with van der Waals surface area (Å²) in [5.41, 5.74) is 4.29. The van der Waals surface area contributed by atoms with E-state index in [0.717, 1.165) is 23.2 Å². The first-order valence-electron chi connectivity index (χ1n) is 8.97. The molecule has 27 heavy (non-hydrogen) atoms. The Kier molecular flexibility index (Phi) is 4.62. The number of carbonyl (C=O) groups excluding carboxylic acids is 1. The van der Waals surface area contributed by atoms with Crippen LogP contribution in [0.25, 0.3) is 17.0 Å².